The Morgan fingerprint density at radius 3 is 3.05 bits per heavy atom. The van der Waals surface area contributed by atoms with E-state index in [0.29, 0.717) is 29.0 Å². The van der Waals surface area contributed by atoms with Crippen LogP contribution in [0.3, 0.4) is 0 Å². The van der Waals surface area contributed by atoms with E-state index < -0.39 is 5.92 Å². The third-order valence-corrected chi connectivity index (χ3v) is 3.69. The Kier molecular flexibility index (Phi) is 3.81. The summed E-state index contributed by atoms with van der Waals surface area (Å²) in [4.78, 5) is 28.2. The lowest BCUT2D eigenvalue weighted by Crippen LogP contribution is -2.36. The minimum atomic E-state index is -0.490. The average molecular weight is 320 g/mol. The minimum Gasteiger partial charge on any atom is -0.325 e. The third-order valence-electron chi connectivity index (χ3n) is 3.36. The summed E-state index contributed by atoms with van der Waals surface area (Å²) >= 11 is 5.99. The molecule has 2 aromatic rings. The summed E-state index contributed by atoms with van der Waals surface area (Å²) in [5.41, 5.74) is 0.530. The number of nitrogens with zero attached hydrogens (tertiary/aromatic N) is 3. The quantitative estimate of drug-likeness (QED) is 0.903. The molecule has 114 valence electrons. The van der Waals surface area contributed by atoms with Gasteiger partial charge in [-0.2, -0.15) is 10.1 Å². The first kappa shape index (κ1) is 14.5. The Labute approximate surface area is 131 Å². The van der Waals surface area contributed by atoms with Gasteiger partial charge in [-0.1, -0.05) is 23.7 Å². The van der Waals surface area contributed by atoms with E-state index in [-0.39, 0.29) is 18.2 Å². The van der Waals surface area contributed by atoms with Crippen LogP contribution in [0.15, 0.2) is 24.3 Å². The van der Waals surface area contributed by atoms with Gasteiger partial charge in [-0.3, -0.25) is 14.9 Å². The number of carbonyl (C=O) groups excluding carboxylic acids is 2. The van der Waals surface area contributed by atoms with Crippen LogP contribution in [0.4, 0.5) is 11.6 Å². The summed E-state index contributed by atoms with van der Waals surface area (Å²) in [5.74, 6) is 0.0144. The number of halogens is 1. The molecule has 0 spiro atoms. The molecule has 0 bridgehead atoms. The van der Waals surface area contributed by atoms with E-state index in [4.69, 9.17) is 11.6 Å². The maximum Gasteiger partial charge on any atom is 0.232 e. The molecule has 0 fully saturated rings. The van der Waals surface area contributed by atoms with Crippen LogP contribution in [0.25, 0.3) is 0 Å². The fraction of sp³-hybridized carbons (Fsp3) is 0.286. The summed E-state index contributed by atoms with van der Waals surface area (Å²) in [6, 6.07) is 6.95. The summed E-state index contributed by atoms with van der Waals surface area (Å²) in [7, 11) is 0. The number of para-hydroxylation sites is 1. The van der Waals surface area contributed by atoms with E-state index in [1.165, 1.54) is 0 Å². The van der Waals surface area contributed by atoms with Gasteiger partial charge in [-0.05, 0) is 19.1 Å². The number of hydrogen-bond acceptors (Lipinski definition) is 4. The maximum absolute atomic E-state index is 12.1. The highest BCUT2D eigenvalue weighted by molar-refractivity contribution is 6.33. The molecule has 1 aliphatic heterocycles. The molecule has 1 atom stereocenters. The van der Waals surface area contributed by atoms with Gasteiger partial charge in [0.1, 0.15) is 5.82 Å². The van der Waals surface area contributed by atoms with Gasteiger partial charge in [0.25, 0.3) is 0 Å². The molecular formula is C14H14ClN5O2. The Morgan fingerprint density at radius 1 is 1.50 bits per heavy atom. The second-order valence-corrected chi connectivity index (χ2v) is 5.49. The number of aryl methyl sites for hydroxylation is 1. The average Bonchev–Trinajstić information content (AvgIpc) is 2.81. The van der Waals surface area contributed by atoms with Crippen LogP contribution in [0.2, 0.25) is 5.02 Å². The van der Waals surface area contributed by atoms with Crippen molar-refractivity contribution >= 4 is 35.1 Å². The van der Waals surface area contributed by atoms with Gasteiger partial charge in [0.05, 0.1) is 23.2 Å². The molecule has 0 saturated heterocycles. The van der Waals surface area contributed by atoms with Crippen LogP contribution in [0.5, 0.6) is 0 Å². The molecule has 0 aliphatic carbocycles. The van der Waals surface area contributed by atoms with Crippen molar-refractivity contribution in [3.8, 4) is 0 Å². The van der Waals surface area contributed by atoms with Crippen molar-refractivity contribution in [3.63, 3.8) is 0 Å². The highest BCUT2D eigenvalue weighted by atomic mass is 35.5. The number of benzene rings is 1. The molecule has 0 radical (unpaired) electrons. The maximum atomic E-state index is 12.1. The fourth-order valence-electron chi connectivity index (χ4n) is 2.32. The van der Waals surface area contributed by atoms with Crippen molar-refractivity contribution in [2.75, 3.05) is 10.6 Å². The summed E-state index contributed by atoms with van der Waals surface area (Å²) < 4.78 is 1.60. The van der Waals surface area contributed by atoms with Crippen molar-refractivity contribution in [2.24, 2.45) is 5.92 Å². The zero-order valence-corrected chi connectivity index (χ0v) is 12.6. The Bertz CT molecular complexity index is 743. The Hall–Kier alpha value is -2.41. The van der Waals surface area contributed by atoms with Crippen LogP contribution >= 0.6 is 11.6 Å². The van der Waals surface area contributed by atoms with Crippen molar-refractivity contribution in [1.29, 1.82) is 0 Å². The Balaban J connectivity index is 1.67. The van der Waals surface area contributed by atoms with Crippen molar-refractivity contribution in [1.82, 2.24) is 14.8 Å². The number of amides is 2. The van der Waals surface area contributed by atoms with Crippen LogP contribution in [0.1, 0.15) is 12.2 Å². The molecule has 2 heterocycles. The summed E-state index contributed by atoms with van der Waals surface area (Å²) in [6.07, 6.45) is 0.0510. The summed E-state index contributed by atoms with van der Waals surface area (Å²) in [5, 5.41) is 10.0. The summed E-state index contributed by atoms with van der Waals surface area (Å²) in [6.45, 7) is 2.08. The number of rotatable bonds is 3. The lowest BCUT2D eigenvalue weighted by atomic mass is 10.0. The molecule has 0 unspecified atom stereocenters. The second kappa shape index (κ2) is 5.76. The molecule has 1 aromatic carbocycles. The number of anilines is 2. The van der Waals surface area contributed by atoms with E-state index in [1.807, 2.05) is 0 Å². The van der Waals surface area contributed by atoms with Gasteiger partial charge < -0.3 is 5.32 Å². The number of aromatic nitrogens is 3. The lowest BCUT2D eigenvalue weighted by Gasteiger charge is -2.21. The van der Waals surface area contributed by atoms with Crippen LogP contribution in [-0.4, -0.2) is 26.6 Å². The molecular weight excluding hydrogens is 306 g/mol. The van der Waals surface area contributed by atoms with E-state index >= 15 is 0 Å². The van der Waals surface area contributed by atoms with Crippen molar-refractivity contribution < 1.29 is 9.59 Å². The highest BCUT2D eigenvalue weighted by Crippen LogP contribution is 2.23. The lowest BCUT2D eigenvalue weighted by molar-refractivity contribution is -0.125. The van der Waals surface area contributed by atoms with E-state index in [0.717, 1.165) is 0 Å². The zero-order valence-electron chi connectivity index (χ0n) is 11.8. The molecule has 22 heavy (non-hydrogen) atoms. The molecule has 1 aromatic heterocycles. The molecule has 8 heteroatoms. The zero-order chi connectivity index (χ0) is 15.7. The number of nitrogens with one attached hydrogen (secondary N) is 2. The standard InChI is InChI=1S/C14H14ClN5O2/c1-8-16-14-18-13(22)9(7-20(14)19-8)6-12(21)17-11-5-3-2-4-10(11)15/h2-5,9H,6-7H2,1H3,(H,17,21)(H,16,18,19,22)/t9-/m0/s1. The first-order chi connectivity index (χ1) is 10.5. The predicted molar refractivity (Wildman–Crippen MR) is 81.6 cm³/mol. The van der Waals surface area contributed by atoms with Gasteiger partial charge in [-0.15, -0.1) is 0 Å². The number of fused-ring (bicyclic) bond motifs is 1. The minimum absolute atomic E-state index is 0.0510. The van der Waals surface area contributed by atoms with Crippen LogP contribution in [0, 0.1) is 12.8 Å². The first-order valence-corrected chi connectivity index (χ1v) is 7.17. The predicted octanol–water partition coefficient (Wildman–Crippen LogP) is 1.84. The van der Waals surface area contributed by atoms with Crippen molar-refractivity contribution in [3.05, 3.63) is 35.1 Å². The monoisotopic (exact) mass is 319 g/mol. The van der Waals surface area contributed by atoms with E-state index in [9.17, 15) is 9.59 Å². The van der Waals surface area contributed by atoms with Gasteiger partial charge >= 0.3 is 0 Å². The van der Waals surface area contributed by atoms with Gasteiger partial charge in [-0.25, -0.2) is 4.68 Å². The Morgan fingerprint density at radius 2 is 2.27 bits per heavy atom. The molecule has 3 rings (SSSR count). The molecule has 1 aliphatic rings. The smallest absolute Gasteiger partial charge is 0.232 e. The number of hydrogen-bond donors (Lipinski definition) is 2. The second-order valence-electron chi connectivity index (χ2n) is 5.08. The van der Waals surface area contributed by atoms with Crippen LogP contribution < -0.4 is 10.6 Å². The highest BCUT2D eigenvalue weighted by Gasteiger charge is 2.30. The largest absolute Gasteiger partial charge is 0.325 e. The number of carbonyl (C=O) groups is 2. The first-order valence-electron chi connectivity index (χ1n) is 6.79. The normalized spacial score (nSPS) is 16.8. The SMILES string of the molecule is Cc1nc2n(n1)C[C@H](CC(=O)Nc1ccccc1Cl)C(=O)N2. The molecule has 7 nitrogen and oxygen atoms in total. The fourth-order valence-corrected chi connectivity index (χ4v) is 2.51. The molecule has 2 N–H and O–H groups in total. The third kappa shape index (κ3) is 2.94. The van der Waals surface area contributed by atoms with Gasteiger partial charge in [0.15, 0.2) is 0 Å². The van der Waals surface area contributed by atoms with Gasteiger partial charge in [0.2, 0.25) is 17.8 Å². The van der Waals surface area contributed by atoms with E-state index in [1.54, 1.807) is 35.9 Å². The van der Waals surface area contributed by atoms with Gasteiger partial charge in [0, 0.05) is 6.42 Å². The van der Waals surface area contributed by atoms with Crippen LogP contribution in [-0.2, 0) is 16.1 Å². The van der Waals surface area contributed by atoms with Crippen molar-refractivity contribution in [2.45, 2.75) is 19.9 Å². The molecule has 0 saturated carbocycles. The topological polar surface area (TPSA) is 88.9 Å². The molecule has 2 amide bonds. The van der Waals surface area contributed by atoms with E-state index in [2.05, 4.69) is 20.7 Å².